The Hall–Kier alpha value is -1.14. The van der Waals surface area contributed by atoms with Gasteiger partial charge in [0.05, 0.1) is 6.04 Å². The van der Waals surface area contributed by atoms with E-state index in [0.29, 0.717) is 12.8 Å². The van der Waals surface area contributed by atoms with Crippen LogP contribution in [0.5, 0.6) is 0 Å². The van der Waals surface area contributed by atoms with Crippen molar-refractivity contribution in [2.45, 2.75) is 70.2 Å². The number of carbonyl (C=O) groups is 2. The number of carbonyl (C=O) groups excluding carboxylic acids is 2. The van der Waals surface area contributed by atoms with Crippen LogP contribution in [0.25, 0.3) is 0 Å². The Labute approximate surface area is 125 Å². The van der Waals surface area contributed by atoms with E-state index in [2.05, 4.69) is 0 Å². The number of nitrogens with two attached hydrogens (primary N) is 1. The minimum absolute atomic E-state index is 0.0395. The van der Waals surface area contributed by atoms with Crippen LogP contribution in [0.2, 0.25) is 0 Å². The SMILES string of the molecule is CC(C)(C)OC(=O)[C@@H]1CC[C@@H]2CC[C@H](CO)[C@H](N)C(=O)N21. The first-order valence-electron chi connectivity index (χ1n) is 7.66. The molecule has 0 aromatic rings. The van der Waals surface area contributed by atoms with Crippen LogP contribution in [0.15, 0.2) is 0 Å². The number of esters is 1. The molecule has 6 heteroatoms. The summed E-state index contributed by atoms with van der Waals surface area (Å²) in [6.07, 6.45) is 2.91. The molecule has 2 rings (SSSR count). The third kappa shape index (κ3) is 3.37. The van der Waals surface area contributed by atoms with Crippen molar-refractivity contribution in [1.29, 1.82) is 0 Å². The monoisotopic (exact) mass is 298 g/mol. The van der Waals surface area contributed by atoms with Gasteiger partial charge in [-0.15, -0.1) is 0 Å². The van der Waals surface area contributed by atoms with Gasteiger partial charge in [-0.05, 0) is 46.5 Å². The minimum Gasteiger partial charge on any atom is -0.458 e. The maximum atomic E-state index is 12.6. The van der Waals surface area contributed by atoms with E-state index in [1.165, 1.54) is 0 Å². The number of amides is 1. The third-order valence-electron chi connectivity index (χ3n) is 4.33. The zero-order valence-electron chi connectivity index (χ0n) is 13.0. The number of nitrogens with zero attached hydrogens (tertiary/aromatic N) is 1. The van der Waals surface area contributed by atoms with Crippen molar-refractivity contribution in [1.82, 2.24) is 4.90 Å². The number of aliphatic hydroxyl groups is 1. The molecular formula is C15H26N2O4. The molecule has 2 fully saturated rings. The predicted molar refractivity (Wildman–Crippen MR) is 77.3 cm³/mol. The highest BCUT2D eigenvalue weighted by Gasteiger charge is 2.46. The second kappa shape index (κ2) is 5.93. The summed E-state index contributed by atoms with van der Waals surface area (Å²) >= 11 is 0. The van der Waals surface area contributed by atoms with Gasteiger partial charge in [-0.1, -0.05) is 0 Å². The van der Waals surface area contributed by atoms with Gasteiger partial charge >= 0.3 is 5.97 Å². The van der Waals surface area contributed by atoms with E-state index in [1.54, 1.807) is 4.90 Å². The molecule has 0 saturated carbocycles. The van der Waals surface area contributed by atoms with Crippen LogP contribution in [0.4, 0.5) is 0 Å². The molecule has 120 valence electrons. The summed E-state index contributed by atoms with van der Waals surface area (Å²) in [6.45, 7) is 5.35. The summed E-state index contributed by atoms with van der Waals surface area (Å²) in [5, 5.41) is 9.35. The lowest BCUT2D eigenvalue weighted by atomic mass is 9.95. The second-order valence-corrected chi connectivity index (χ2v) is 7.07. The smallest absolute Gasteiger partial charge is 0.329 e. The van der Waals surface area contributed by atoms with E-state index in [4.69, 9.17) is 10.5 Å². The lowest BCUT2D eigenvalue weighted by Crippen LogP contribution is -2.53. The van der Waals surface area contributed by atoms with Gasteiger partial charge in [-0.3, -0.25) is 4.79 Å². The summed E-state index contributed by atoms with van der Waals surface area (Å²) < 4.78 is 5.43. The van der Waals surface area contributed by atoms with Gasteiger partial charge in [0.15, 0.2) is 0 Å². The molecule has 0 radical (unpaired) electrons. The van der Waals surface area contributed by atoms with Gasteiger partial charge in [0.25, 0.3) is 0 Å². The van der Waals surface area contributed by atoms with E-state index < -0.39 is 17.7 Å². The standard InChI is InChI=1S/C15H26N2O4/c1-15(2,3)21-14(20)11-7-6-10-5-4-9(8-18)12(16)13(19)17(10)11/h9-12,18H,4-8,16H2,1-3H3/t9-,10+,11+,12+/m1/s1. The Morgan fingerprint density at radius 3 is 2.52 bits per heavy atom. The minimum atomic E-state index is -0.733. The number of fused-ring (bicyclic) bond motifs is 1. The summed E-state index contributed by atoms with van der Waals surface area (Å²) in [5.41, 5.74) is 5.41. The van der Waals surface area contributed by atoms with Crippen LogP contribution in [0.1, 0.15) is 46.5 Å². The lowest BCUT2D eigenvalue weighted by Gasteiger charge is -2.31. The number of rotatable bonds is 2. The molecule has 0 aliphatic carbocycles. The predicted octanol–water partition coefficient (Wildman–Crippen LogP) is 0.417. The first kappa shape index (κ1) is 16.2. The van der Waals surface area contributed by atoms with Crippen LogP contribution in [0, 0.1) is 5.92 Å². The summed E-state index contributed by atoms with van der Waals surface area (Å²) in [5.74, 6) is -0.805. The van der Waals surface area contributed by atoms with Gasteiger partial charge in [0, 0.05) is 18.6 Å². The van der Waals surface area contributed by atoms with Crippen LogP contribution in [-0.4, -0.2) is 52.2 Å². The Morgan fingerprint density at radius 1 is 1.33 bits per heavy atom. The Morgan fingerprint density at radius 2 is 1.95 bits per heavy atom. The molecule has 0 unspecified atom stereocenters. The zero-order valence-corrected chi connectivity index (χ0v) is 13.0. The average Bonchev–Trinajstić information content (AvgIpc) is 2.75. The van der Waals surface area contributed by atoms with Crippen molar-refractivity contribution >= 4 is 11.9 Å². The molecule has 0 aromatic heterocycles. The van der Waals surface area contributed by atoms with Crippen LogP contribution < -0.4 is 5.73 Å². The molecule has 2 aliphatic rings. The van der Waals surface area contributed by atoms with Crippen molar-refractivity contribution in [3.63, 3.8) is 0 Å². The number of aliphatic hydroxyl groups excluding tert-OH is 1. The van der Waals surface area contributed by atoms with Crippen LogP contribution >= 0.6 is 0 Å². The molecule has 1 amide bonds. The number of ether oxygens (including phenoxy) is 1. The van der Waals surface area contributed by atoms with E-state index in [9.17, 15) is 14.7 Å². The van der Waals surface area contributed by atoms with Crippen LogP contribution in [0.3, 0.4) is 0 Å². The van der Waals surface area contributed by atoms with Crippen molar-refractivity contribution in [3.8, 4) is 0 Å². The zero-order chi connectivity index (χ0) is 15.8. The fraction of sp³-hybridized carbons (Fsp3) is 0.867. The normalized spacial score (nSPS) is 33.6. The van der Waals surface area contributed by atoms with Crippen LogP contribution in [-0.2, 0) is 14.3 Å². The largest absolute Gasteiger partial charge is 0.458 e. The maximum Gasteiger partial charge on any atom is 0.329 e. The van der Waals surface area contributed by atoms with E-state index in [0.717, 1.165) is 12.8 Å². The van der Waals surface area contributed by atoms with E-state index in [1.807, 2.05) is 20.8 Å². The molecule has 0 spiro atoms. The molecule has 0 bridgehead atoms. The van der Waals surface area contributed by atoms with Gasteiger partial charge < -0.3 is 20.5 Å². The fourth-order valence-electron chi connectivity index (χ4n) is 3.27. The molecule has 4 atom stereocenters. The second-order valence-electron chi connectivity index (χ2n) is 7.07. The molecule has 0 aromatic carbocycles. The molecule has 2 aliphatic heterocycles. The van der Waals surface area contributed by atoms with Gasteiger partial charge in [0.2, 0.25) is 5.91 Å². The molecular weight excluding hydrogens is 272 g/mol. The van der Waals surface area contributed by atoms with Gasteiger partial charge in [0.1, 0.15) is 11.6 Å². The molecule has 21 heavy (non-hydrogen) atoms. The Balaban J connectivity index is 2.17. The molecule has 3 N–H and O–H groups in total. The topological polar surface area (TPSA) is 92.9 Å². The fourth-order valence-corrected chi connectivity index (χ4v) is 3.27. The van der Waals surface area contributed by atoms with Crippen molar-refractivity contribution in [2.75, 3.05) is 6.61 Å². The van der Waals surface area contributed by atoms with E-state index >= 15 is 0 Å². The first-order valence-corrected chi connectivity index (χ1v) is 7.66. The third-order valence-corrected chi connectivity index (χ3v) is 4.33. The summed E-state index contributed by atoms with van der Waals surface area (Å²) in [4.78, 5) is 26.5. The quantitative estimate of drug-likeness (QED) is 0.721. The summed E-state index contributed by atoms with van der Waals surface area (Å²) in [7, 11) is 0. The molecule has 6 nitrogen and oxygen atoms in total. The highest BCUT2D eigenvalue weighted by atomic mass is 16.6. The molecule has 2 heterocycles. The van der Waals surface area contributed by atoms with Gasteiger partial charge in [-0.25, -0.2) is 4.79 Å². The highest BCUT2D eigenvalue weighted by Crippen LogP contribution is 2.34. The van der Waals surface area contributed by atoms with Crippen molar-refractivity contribution < 1.29 is 19.4 Å². The molecule has 2 saturated heterocycles. The number of hydrogen-bond acceptors (Lipinski definition) is 5. The Kier molecular flexibility index (Phi) is 4.58. The van der Waals surface area contributed by atoms with Crippen molar-refractivity contribution in [2.24, 2.45) is 11.7 Å². The van der Waals surface area contributed by atoms with E-state index in [-0.39, 0.29) is 30.4 Å². The number of hydrogen-bond donors (Lipinski definition) is 2. The lowest BCUT2D eigenvalue weighted by molar-refractivity contribution is -0.164. The maximum absolute atomic E-state index is 12.6. The average molecular weight is 298 g/mol. The highest BCUT2D eigenvalue weighted by molar-refractivity contribution is 5.89. The van der Waals surface area contributed by atoms with Gasteiger partial charge in [-0.2, -0.15) is 0 Å². The summed E-state index contributed by atoms with van der Waals surface area (Å²) in [6, 6.07) is -1.23. The first-order chi connectivity index (χ1) is 9.74. The van der Waals surface area contributed by atoms with Crippen molar-refractivity contribution in [3.05, 3.63) is 0 Å². The Bertz CT molecular complexity index is 418.